The molecule has 0 bridgehead atoms. The largest absolute Gasteiger partial charge is 0.461 e. The number of pyridine rings is 1. The lowest BCUT2D eigenvalue weighted by molar-refractivity contribution is -0.124. The van der Waals surface area contributed by atoms with E-state index in [1.54, 1.807) is 23.2 Å². The Morgan fingerprint density at radius 3 is 2.88 bits per heavy atom. The Balaban J connectivity index is 1.14. The van der Waals surface area contributed by atoms with Crippen LogP contribution in [0.5, 0.6) is 6.01 Å². The number of aromatic nitrogens is 3. The molecule has 10 nitrogen and oxygen atoms in total. The molecule has 8 rings (SSSR count). The molecule has 4 fully saturated rings. The SMILES string of the molecule is CN(c1nc(OC[C@@]23CCCN2C[C@H](F)C3)nc2c(F)c(-c3cccc4cccc(Cl)c34)ncc12)[C@@H]1CCN(C(=O)C#C[C@H]2C[C@H](O)CN2)C1. The number of fused-ring (bicyclic) bond motifs is 3. The Kier molecular flexibility index (Phi) is 8.71. The fourth-order valence-electron chi connectivity index (χ4n) is 8.15. The number of alkyl halides is 1. The van der Waals surface area contributed by atoms with Crippen LogP contribution in [-0.2, 0) is 4.79 Å². The Bertz CT molecular complexity index is 2040. The first-order valence-electron chi connectivity index (χ1n) is 17.2. The van der Waals surface area contributed by atoms with Gasteiger partial charge in [0.25, 0.3) is 5.91 Å². The van der Waals surface area contributed by atoms with Crippen LogP contribution in [0.4, 0.5) is 14.6 Å². The molecule has 5 atom stereocenters. The number of amides is 1. The molecule has 50 heavy (non-hydrogen) atoms. The van der Waals surface area contributed by atoms with Crippen LogP contribution in [0.25, 0.3) is 32.9 Å². The first-order valence-corrected chi connectivity index (χ1v) is 17.6. The van der Waals surface area contributed by atoms with E-state index in [1.807, 2.05) is 36.2 Å². The number of nitrogens with one attached hydrogen (secondary N) is 1. The first kappa shape index (κ1) is 33.0. The summed E-state index contributed by atoms with van der Waals surface area (Å²) in [6.45, 7) is 2.74. The van der Waals surface area contributed by atoms with Gasteiger partial charge in [-0.15, -0.1) is 0 Å². The second-order valence-corrected chi connectivity index (χ2v) is 14.4. The number of likely N-dealkylation sites (tertiary alicyclic amines) is 1. The van der Waals surface area contributed by atoms with Crippen molar-refractivity contribution >= 4 is 45.0 Å². The summed E-state index contributed by atoms with van der Waals surface area (Å²) in [5, 5.41) is 15.3. The number of β-amino-alcohol motifs (C(OH)–C–C–N with tert-alkyl or cyclic N) is 1. The average Bonchev–Trinajstić information content (AvgIpc) is 3.91. The van der Waals surface area contributed by atoms with Gasteiger partial charge >= 0.3 is 6.01 Å². The molecule has 4 aliphatic heterocycles. The number of carbonyl (C=O) groups is 1. The molecule has 0 saturated carbocycles. The summed E-state index contributed by atoms with van der Waals surface area (Å²) in [7, 11) is 1.86. The van der Waals surface area contributed by atoms with E-state index in [2.05, 4.69) is 32.0 Å². The summed E-state index contributed by atoms with van der Waals surface area (Å²) in [4.78, 5) is 32.8. The van der Waals surface area contributed by atoms with E-state index >= 15 is 4.39 Å². The van der Waals surface area contributed by atoms with Crippen molar-refractivity contribution in [3.8, 4) is 29.1 Å². The molecule has 0 radical (unpaired) electrons. The Hall–Kier alpha value is -4.15. The second kappa shape index (κ2) is 13.2. The van der Waals surface area contributed by atoms with Crippen LogP contribution in [0.1, 0.15) is 32.1 Å². The van der Waals surface area contributed by atoms with Crippen molar-refractivity contribution in [3.63, 3.8) is 0 Å². The fraction of sp³-hybridized carbons (Fsp3) is 0.459. The van der Waals surface area contributed by atoms with Crippen LogP contribution in [0, 0.1) is 17.7 Å². The Morgan fingerprint density at radius 2 is 2.06 bits per heavy atom. The molecule has 0 spiro atoms. The van der Waals surface area contributed by atoms with Crippen LogP contribution in [0.2, 0.25) is 5.02 Å². The zero-order valence-corrected chi connectivity index (χ0v) is 28.5. The third kappa shape index (κ3) is 6.00. The van der Waals surface area contributed by atoms with Crippen molar-refractivity contribution in [1.29, 1.82) is 0 Å². The quantitative estimate of drug-likeness (QED) is 0.284. The Labute approximate surface area is 293 Å². The zero-order chi connectivity index (χ0) is 34.6. The normalized spacial score (nSPS) is 26.4. The number of halogens is 3. The summed E-state index contributed by atoms with van der Waals surface area (Å²) in [5.41, 5.74) is 0.249. The molecule has 0 unspecified atom stereocenters. The Morgan fingerprint density at radius 1 is 1.22 bits per heavy atom. The van der Waals surface area contributed by atoms with Gasteiger partial charge in [-0.3, -0.25) is 14.7 Å². The number of rotatable bonds is 6. The predicted molar refractivity (Wildman–Crippen MR) is 187 cm³/mol. The molecule has 1 amide bonds. The van der Waals surface area contributed by atoms with Gasteiger partial charge in [-0.2, -0.15) is 9.97 Å². The molecule has 2 N–H and O–H groups in total. The number of hydrogen-bond donors (Lipinski definition) is 2. The van der Waals surface area contributed by atoms with Crippen LogP contribution >= 0.6 is 11.6 Å². The first-order chi connectivity index (χ1) is 24.2. The molecule has 4 aromatic rings. The summed E-state index contributed by atoms with van der Waals surface area (Å²) in [6.07, 6.45) is 3.48. The van der Waals surface area contributed by atoms with Crippen molar-refractivity contribution in [1.82, 2.24) is 30.1 Å². The van der Waals surface area contributed by atoms with E-state index in [0.717, 1.165) is 24.8 Å². The number of nitrogens with zero attached hydrogens (tertiary/aromatic N) is 6. The third-order valence-corrected chi connectivity index (χ3v) is 11.1. The van der Waals surface area contributed by atoms with Crippen LogP contribution in [0.15, 0.2) is 42.6 Å². The number of hydrogen-bond acceptors (Lipinski definition) is 9. The minimum atomic E-state index is -0.921. The maximum atomic E-state index is 16.8. The molecule has 4 aliphatic rings. The summed E-state index contributed by atoms with van der Waals surface area (Å²) in [6, 6.07) is 10.7. The number of likely N-dealkylation sites (N-methyl/N-ethyl adjacent to an activating group) is 1. The van der Waals surface area contributed by atoms with E-state index in [4.69, 9.17) is 21.3 Å². The molecular weight excluding hydrogens is 664 g/mol. The van der Waals surface area contributed by atoms with Gasteiger partial charge in [0.2, 0.25) is 0 Å². The van der Waals surface area contributed by atoms with Gasteiger partial charge < -0.3 is 25.0 Å². The van der Waals surface area contributed by atoms with Crippen LogP contribution in [-0.4, -0.2) is 112 Å². The highest BCUT2D eigenvalue weighted by atomic mass is 35.5. The molecular formula is C37H38ClF2N7O3. The average molecular weight is 702 g/mol. The van der Waals surface area contributed by atoms with Gasteiger partial charge in [0.15, 0.2) is 5.82 Å². The number of aliphatic hydroxyl groups excluding tert-OH is 1. The molecule has 260 valence electrons. The fourth-order valence-corrected chi connectivity index (χ4v) is 8.44. The molecule has 13 heteroatoms. The number of anilines is 1. The van der Waals surface area contributed by atoms with Crippen LogP contribution < -0.4 is 15.0 Å². The lowest BCUT2D eigenvalue weighted by Crippen LogP contribution is -2.43. The molecule has 2 aromatic heterocycles. The highest BCUT2D eigenvalue weighted by molar-refractivity contribution is 6.36. The lowest BCUT2D eigenvalue weighted by atomic mass is 9.95. The number of ether oxygens (including phenoxy) is 1. The highest BCUT2D eigenvalue weighted by Gasteiger charge is 2.49. The smallest absolute Gasteiger partial charge is 0.319 e. The van der Waals surface area contributed by atoms with Gasteiger partial charge in [-0.05, 0) is 43.2 Å². The zero-order valence-electron chi connectivity index (χ0n) is 27.7. The topological polar surface area (TPSA) is 107 Å². The standard InChI is InChI=1S/C37H38ClF2N7O3/c1-45(25-11-14-46(20-25)30(49)10-9-24-15-26(48)17-41-24)35-28-18-42-33(27-7-2-5-22-6-3-8-29(38)31(22)27)32(40)34(28)43-36(44-35)50-21-37-12-4-13-47(37)19-23(39)16-37/h2-3,5-8,18,23-26,41,48H,4,11-17,19-21H2,1H3/t23-,24+,25-,26+,37+/m1/s1. The van der Waals surface area contributed by atoms with E-state index < -0.39 is 23.6 Å². The van der Waals surface area contributed by atoms with Gasteiger partial charge in [-0.25, -0.2) is 8.78 Å². The minimum Gasteiger partial charge on any atom is -0.461 e. The van der Waals surface area contributed by atoms with E-state index in [0.29, 0.717) is 72.6 Å². The molecule has 4 saturated heterocycles. The molecule has 2 aromatic carbocycles. The predicted octanol–water partition coefficient (Wildman–Crippen LogP) is 4.36. The molecule has 0 aliphatic carbocycles. The maximum Gasteiger partial charge on any atom is 0.319 e. The number of carbonyl (C=O) groups excluding carboxylic acids is 1. The summed E-state index contributed by atoms with van der Waals surface area (Å²) >= 11 is 6.61. The third-order valence-electron chi connectivity index (χ3n) is 10.8. The van der Waals surface area contributed by atoms with Crippen molar-refractivity contribution in [2.45, 2.75) is 62.0 Å². The van der Waals surface area contributed by atoms with Crippen LogP contribution in [0.3, 0.4) is 0 Å². The van der Waals surface area contributed by atoms with Gasteiger partial charge in [0.05, 0.1) is 23.1 Å². The van der Waals surface area contributed by atoms with E-state index in [9.17, 15) is 14.3 Å². The highest BCUT2D eigenvalue weighted by Crippen LogP contribution is 2.41. The maximum absolute atomic E-state index is 16.8. The van der Waals surface area contributed by atoms with Gasteiger partial charge in [0.1, 0.15) is 29.8 Å². The monoisotopic (exact) mass is 701 g/mol. The summed E-state index contributed by atoms with van der Waals surface area (Å²) < 4.78 is 37.6. The number of aliphatic hydroxyl groups is 1. The number of benzene rings is 2. The van der Waals surface area contributed by atoms with E-state index in [1.165, 1.54) is 0 Å². The van der Waals surface area contributed by atoms with Crippen molar-refractivity contribution in [2.75, 3.05) is 51.3 Å². The molecule has 6 heterocycles. The second-order valence-electron chi connectivity index (χ2n) is 13.9. The van der Waals surface area contributed by atoms with E-state index in [-0.39, 0.29) is 41.8 Å². The lowest BCUT2D eigenvalue weighted by Gasteiger charge is -2.31. The van der Waals surface area contributed by atoms with Gasteiger partial charge in [-0.1, -0.05) is 47.9 Å². The summed E-state index contributed by atoms with van der Waals surface area (Å²) in [5.74, 6) is 5.18. The van der Waals surface area contributed by atoms with Crippen molar-refractivity contribution < 1.29 is 23.4 Å². The van der Waals surface area contributed by atoms with Crippen molar-refractivity contribution in [2.24, 2.45) is 0 Å². The van der Waals surface area contributed by atoms with Gasteiger partial charge in [0, 0.05) is 74.3 Å². The van der Waals surface area contributed by atoms with Crippen molar-refractivity contribution in [3.05, 3.63) is 53.4 Å². The minimum absolute atomic E-state index is 0.00191.